The highest BCUT2D eigenvalue weighted by atomic mass is 16.3. The van der Waals surface area contributed by atoms with Crippen molar-refractivity contribution in [1.82, 2.24) is 4.98 Å². The molecule has 1 aromatic rings. The van der Waals surface area contributed by atoms with Crippen LogP contribution in [0.25, 0.3) is 0 Å². The Morgan fingerprint density at radius 2 is 2.29 bits per heavy atom. The Balaban J connectivity index is 2.25. The predicted molar refractivity (Wildman–Crippen MR) is 54.9 cm³/mol. The zero-order chi connectivity index (χ0) is 10.2. The van der Waals surface area contributed by atoms with E-state index in [0.717, 1.165) is 24.1 Å². The topological polar surface area (TPSA) is 59.1 Å². The van der Waals surface area contributed by atoms with Crippen molar-refractivity contribution >= 4 is 0 Å². The van der Waals surface area contributed by atoms with Crippen LogP contribution in [-0.4, -0.2) is 22.7 Å². The van der Waals surface area contributed by atoms with Crippen molar-refractivity contribution in [3.05, 3.63) is 29.6 Å². The van der Waals surface area contributed by atoms with E-state index < -0.39 is 0 Å². The number of pyridine rings is 1. The number of aromatic nitrogens is 1. The average molecular weight is 192 g/mol. The second-order valence-corrected chi connectivity index (χ2v) is 4.23. The summed E-state index contributed by atoms with van der Waals surface area (Å²) in [5, 5.41) is 9.35. The first-order valence-electron chi connectivity index (χ1n) is 4.97. The summed E-state index contributed by atoms with van der Waals surface area (Å²) in [6.07, 6.45) is 3.25. The molecule has 1 aromatic heterocycles. The molecule has 0 atom stereocenters. The van der Waals surface area contributed by atoms with Crippen molar-refractivity contribution < 1.29 is 5.11 Å². The third kappa shape index (κ3) is 1.42. The summed E-state index contributed by atoms with van der Waals surface area (Å²) in [4.78, 5) is 4.26. The van der Waals surface area contributed by atoms with E-state index in [-0.39, 0.29) is 11.5 Å². The van der Waals surface area contributed by atoms with Gasteiger partial charge in [0.2, 0.25) is 0 Å². The molecule has 1 saturated carbocycles. The minimum absolute atomic E-state index is 0.0138. The van der Waals surface area contributed by atoms with Crippen LogP contribution >= 0.6 is 0 Å². The Labute approximate surface area is 84.0 Å². The van der Waals surface area contributed by atoms with Crippen molar-refractivity contribution in [2.45, 2.75) is 31.3 Å². The third-order valence-corrected chi connectivity index (χ3v) is 3.17. The summed E-state index contributed by atoms with van der Waals surface area (Å²) in [6.45, 7) is 2.56. The van der Waals surface area contributed by atoms with E-state index >= 15 is 0 Å². The lowest BCUT2D eigenvalue weighted by Gasteiger charge is -2.45. The molecule has 76 valence electrons. The van der Waals surface area contributed by atoms with Gasteiger partial charge in [-0.05, 0) is 31.4 Å². The molecule has 0 radical (unpaired) electrons. The van der Waals surface area contributed by atoms with E-state index in [1.54, 1.807) is 0 Å². The summed E-state index contributed by atoms with van der Waals surface area (Å²) in [6, 6.07) is 4.07. The van der Waals surface area contributed by atoms with Crippen LogP contribution in [0.3, 0.4) is 0 Å². The number of nitrogens with zero attached hydrogens (tertiary/aromatic N) is 1. The maximum atomic E-state index is 9.35. The third-order valence-electron chi connectivity index (χ3n) is 3.17. The van der Waals surface area contributed by atoms with E-state index in [0.29, 0.717) is 6.54 Å². The molecule has 0 amide bonds. The van der Waals surface area contributed by atoms with Gasteiger partial charge < -0.3 is 10.8 Å². The first-order chi connectivity index (χ1) is 6.66. The number of aliphatic hydroxyl groups excluding tert-OH is 1. The molecule has 2 rings (SSSR count). The molecule has 14 heavy (non-hydrogen) atoms. The molecular weight excluding hydrogens is 176 g/mol. The molecule has 0 saturated heterocycles. The predicted octanol–water partition coefficient (Wildman–Crippen LogP) is 0.741. The SMILES string of the molecule is Cc1ccc(C2(CN)CC(O)C2)cn1. The van der Waals surface area contributed by atoms with Gasteiger partial charge in [-0.1, -0.05) is 6.07 Å². The molecule has 3 nitrogen and oxygen atoms in total. The Bertz CT molecular complexity index is 315. The van der Waals surface area contributed by atoms with Crippen molar-refractivity contribution in [2.75, 3.05) is 6.54 Å². The van der Waals surface area contributed by atoms with Crippen LogP contribution in [0.2, 0.25) is 0 Å². The Hall–Kier alpha value is -0.930. The highest BCUT2D eigenvalue weighted by Gasteiger charge is 2.43. The molecule has 3 heteroatoms. The zero-order valence-electron chi connectivity index (χ0n) is 8.40. The summed E-state index contributed by atoms with van der Waals surface area (Å²) in [5.41, 5.74) is 7.93. The molecule has 1 heterocycles. The molecule has 0 spiro atoms. The number of rotatable bonds is 2. The fraction of sp³-hybridized carbons (Fsp3) is 0.545. The molecule has 0 bridgehead atoms. The second kappa shape index (κ2) is 3.33. The van der Waals surface area contributed by atoms with E-state index in [1.807, 2.05) is 19.2 Å². The van der Waals surface area contributed by atoms with Gasteiger partial charge in [-0.25, -0.2) is 0 Å². The monoisotopic (exact) mass is 192 g/mol. The smallest absolute Gasteiger partial charge is 0.0558 e. The van der Waals surface area contributed by atoms with Gasteiger partial charge >= 0.3 is 0 Å². The molecule has 0 unspecified atom stereocenters. The van der Waals surface area contributed by atoms with E-state index in [4.69, 9.17) is 5.73 Å². The van der Waals surface area contributed by atoms with Gasteiger partial charge in [0, 0.05) is 23.9 Å². The van der Waals surface area contributed by atoms with Crippen LogP contribution in [0.5, 0.6) is 0 Å². The molecule has 3 N–H and O–H groups in total. The van der Waals surface area contributed by atoms with Gasteiger partial charge in [0.25, 0.3) is 0 Å². The fourth-order valence-corrected chi connectivity index (χ4v) is 2.14. The van der Waals surface area contributed by atoms with E-state index in [9.17, 15) is 5.11 Å². The van der Waals surface area contributed by atoms with Gasteiger partial charge in [0.1, 0.15) is 0 Å². The number of hydrogen-bond acceptors (Lipinski definition) is 3. The standard InChI is InChI=1S/C11H16N2O/c1-8-2-3-9(6-13-8)11(7-12)4-10(14)5-11/h2-3,6,10,14H,4-5,7,12H2,1H3. The molecular formula is C11H16N2O. The van der Waals surface area contributed by atoms with Crippen molar-refractivity contribution in [3.8, 4) is 0 Å². The maximum absolute atomic E-state index is 9.35. The molecule has 1 fully saturated rings. The molecule has 1 aliphatic rings. The summed E-state index contributed by atoms with van der Waals surface area (Å²) in [5.74, 6) is 0. The van der Waals surface area contributed by atoms with Crippen molar-refractivity contribution in [3.63, 3.8) is 0 Å². The Morgan fingerprint density at radius 1 is 1.57 bits per heavy atom. The number of nitrogens with two attached hydrogens (primary N) is 1. The first-order valence-corrected chi connectivity index (χ1v) is 4.97. The van der Waals surface area contributed by atoms with Crippen LogP contribution in [0.15, 0.2) is 18.3 Å². The van der Waals surface area contributed by atoms with Crippen LogP contribution in [0.1, 0.15) is 24.1 Å². The lowest BCUT2D eigenvalue weighted by molar-refractivity contribution is 0.0220. The normalized spacial score (nSPS) is 31.2. The Morgan fingerprint density at radius 3 is 2.71 bits per heavy atom. The highest BCUT2D eigenvalue weighted by Crippen LogP contribution is 2.42. The quantitative estimate of drug-likeness (QED) is 0.726. The zero-order valence-corrected chi connectivity index (χ0v) is 8.40. The van der Waals surface area contributed by atoms with E-state index in [2.05, 4.69) is 11.1 Å². The van der Waals surface area contributed by atoms with E-state index in [1.165, 1.54) is 0 Å². The number of aliphatic hydroxyl groups is 1. The lowest BCUT2D eigenvalue weighted by atomic mass is 9.63. The van der Waals surface area contributed by atoms with Crippen LogP contribution in [-0.2, 0) is 5.41 Å². The van der Waals surface area contributed by atoms with Crippen molar-refractivity contribution in [1.29, 1.82) is 0 Å². The lowest BCUT2D eigenvalue weighted by Crippen LogP contribution is -2.49. The fourth-order valence-electron chi connectivity index (χ4n) is 2.14. The van der Waals surface area contributed by atoms with Crippen LogP contribution in [0, 0.1) is 6.92 Å². The second-order valence-electron chi connectivity index (χ2n) is 4.23. The summed E-state index contributed by atoms with van der Waals surface area (Å²) in [7, 11) is 0. The van der Waals surface area contributed by atoms with Gasteiger partial charge in [-0.3, -0.25) is 4.98 Å². The first kappa shape index (κ1) is 9.62. The Kier molecular flexibility index (Phi) is 2.29. The highest BCUT2D eigenvalue weighted by molar-refractivity contribution is 5.28. The average Bonchev–Trinajstić information content (AvgIpc) is 2.14. The summed E-state index contributed by atoms with van der Waals surface area (Å²) >= 11 is 0. The van der Waals surface area contributed by atoms with Crippen LogP contribution in [0.4, 0.5) is 0 Å². The van der Waals surface area contributed by atoms with Gasteiger partial charge in [-0.2, -0.15) is 0 Å². The van der Waals surface area contributed by atoms with Gasteiger partial charge in [-0.15, -0.1) is 0 Å². The molecule has 1 aliphatic carbocycles. The van der Waals surface area contributed by atoms with Gasteiger partial charge in [0.15, 0.2) is 0 Å². The minimum atomic E-state index is -0.181. The number of hydrogen-bond donors (Lipinski definition) is 2. The maximum Gasteiger partial charge on any atom is 0.0558 e. The molecule has 0 aromatic carbocycles. The van der Waals surface area contributed by atoms with Crippen molar-refractivity contribution in [2.24, 2.45) is 5.73 Å². The number of aryl methyl sites for hydroxylation is 1. The van der Waals surface area contributed by atoms with Gasteiger partial charge in [0.05, 0.1) is 6.10 Å². The largest absolute Gasteiger partial charge is 0.393 e. The summed E-state index contributed by atoms with van der Waals surface area (Å²) < 4.78 is 0. The molecule has 0 aliphatic heterocycles. The minimum Gasteiger partial charge on any atom is -0.393 e. The van der Waals surface area contributed by atoms with Crippen LogP contribution < -0.4 is 5.73 Å².